The Kier molecular flexibility index (Phi) is 7.60. The van der Waals surface area contributed by atoms with Gasteiger partial charge < -0.3 is 15.3 Å². The highest BCUT2D eigenvalue weighted by Crippen LogP contribution is 2.06. The van der Waals surface area contributed by atoms with Gasteiger partial charge in [0.05, 0.1) is 5.88 Å². The number of aliphatic carboxylic acids is 2. The second kappa shape index (κ2) is 8.09. The van der Waals surface area contributed by atoms with Gasteiger partial charge in [0, 0.05) is 0 Å². The van der Waals surface area contributed by atoms with Crippen LogP contribution in [-0.4, -0.2) is 74.3 Å². The molecule has 0 aliphatic rings. The lowest BCUT2D eigenvalue weighted by Gasteiger charge is -2.34. The van der Waals surface area contributed by atoms with E-state index in [1.54, 1.807) is 0 Å². The third-order valence-electron chi connectivity index (χ3n) is 1.78. The topological polar surface area (TPSA) is 118 Å². The van der Waals surface area contributed by atoms with Gasteiger partial charge in [-0.25, -0.2) is 0 Å². The highest BCUT2D eigenvalue weighted by atomic mass is 35.5. The number of carboxylic acid groups (broad SMARTS) is 2. The number of carbonyl (C=O) groups excluding carboxylic acids is 1. The van der Waals surface area contributed by atoms with E-state index in [0.717, 1.165) is 0 Å². The molecule has 0 aliphatic carbocycles. The third kappa shape index (κ3) is 5.50. The first-order valence-electron chi connectivity index (χ1n) is 4.64. The summed E-state index contributed by atoms with van der Waals surface area (Å²) < 4.78 is 0. The van der Waals surface area contributed by atoms with Gasteiger partial charge >= 0.3 is 11.9 Å². The first-order chi connectivity index (χ1) is 8.33. The lowest BCUT2D eigenvalue weighted by atomic mass is 10.4. The maximum absolute atomic E-state index is 11.4. The predicted molar refractivity (Wildman–Crippen MR) is 61.1 cm³/mol. The first kappa shape index (κ1) is 16.9. The zero-order valence-corrected chi connectivity index (χ0v) is 10.6. The Labute approximate surface area is 112 Å². The molecule has 0 bridgehead atoms. The van der Waals surface area contributed by atoms with Crippen LogP contribution in [-0.2, 0) is 14.4 Å². The molecule has 10 heteroatoms. The number of rotatable bonds is 8. The molecule has 18 heavy (non-hydrogen) atoms. The summed E-state index contributed by atoms with van der Waals surface area (Å²) in [6, 6.07) is 0. The normalized spacial score (nSPS) is 12.2. The van der Waals surface area contributed by atoms with Gasteiger partial charge in [0.2, 0.25) is 0 Å². The fraction of sp³-hybridized carbons (Fsp3) is 0.625. The highest BCUT2D eigenvalue weighted by molar-refractivity contribution is 6.27. The average molecular weight is 303 g/mol. The van der Waals surface area contributed by atoms with Crippen molar-refractivity contribution in [1.82, 2.24) is 10.0 Å². The average Bonchev–Trinajstić information content (AvgIpc) is 2.30. The van der Waals surface area contributed by atoms with E-state index >= 15 is 0 Å². The van der Waals surface area contributed by atoms with E-state index in [4.69, 9.17) is 33.4 Å². The number of nitrogens with zero attached hydrogens (tertiary/aromatic N) is 2. The van der Waals surface area contributed by atoms with E-state index in [2.05, 4.69) is 0 Å². The van der Waals surface area contributed by atoms with Crippen LogP contribution in [0.25, 0.3) is 0 Å². The standard InChI is InChI=1S/C8H12Cl2N2O6/c9-1-5(13)11(3-7(15)16)12(4-8(17)18)6(14)2-10/h5,13H,1-4H2,(H,15,16)(H,17,18). The van der Waals surface area contributed by atoms with E-state index in [1.807, 2.05) is 0 Å². The lowest BCUT2D eigenvalue weighted by Crippen LogP contribution is -2.56. The second-order valence-corrected chi connectivity index (χ2v) is 3.68. The van der Waals surface area contributed by atoms with Crippen molar-refractivity contribution in [2.24, 2.45) is 0 Å². The molecule has 0 aromatic rings. The first-order valence-corrected chi connectivity index (χ1v) is 5.70. The van der Waals surface area contributed by atoms with E-state index < -0.39 is 48.9 Å². The van der Waals surface area contributed by atoms with Crippen LogP contribution in [0.2, 0.25) is 0 Å². The molecule has 0 saturated carbocycles. The summed E-state index contributed by atoms with van der Waals surface area (Å²) in [6.45, 7) is -1.61. The van der Waals surface area contributed by atoms with E-state index in [-0.39, 0.29) is 0 Å². The van der Waals surface area contributed by atoms with E-state index in [1.165, 1.54) is 0 Å². The molecule has 0 radical (unpaired) electrons. The quantitative estimate of drug-likeness (QED) is 0.299. The smallest absolute Gasteiger partial charge is 0.324 e. The number of halogens is 2. The van der Waals surface area contributed by atoms with Crippen LogP contribution in [0.5, 0.6) is 0 Å². The molecule has 0 spiro atoms. The van der Waals surface area contributed by atoms with Gasteiger partial charge in [-0.3, -0.25) is 19.4 Å². The summed E-state index contributed by atoms with van der Waals surface area (Å²) in [4.78, 5) is 32.7. The van der Waals surface area contributed by atoms with Crippen molar-refractivity contribution in [2.45, 2.75) is 6.23 Å². The number of carbonyl (C=O) groups is 3. The highest BCUT2D eigenvalue weighted by Gasteiger charge is 2.29. The van der Waals surface area contributed by atoms with E-state index in [9.17, 15) is 19.5 Å². The monoisotopic (exact) mass is 302 g/mol. The second-order valence-electron chi connectivity index (χ2n) is 3.10. The van der Waals surface area contributed by atoms with Crippen LogP contribution in [0, 0.1) is 0 Å². The zero-order valence-electron chi connectivity index (χ0n) is 9.12. The van der Waals surface area contributed by atoms with E-state index in [0.29, 0.717) is 10.0 Å². The van der Waals surface area contributed by atoms with Crippen LogP contribution >= 0.6 is 23.2 Å². The number of aliphatic hydroxyl groups excluding tert-OH is 1. The SMILES string of the molecule is O=C(O)CN(C(=O)CCl)N(CC(=O)O)C(O)CCl. The van der Waals surface area contributed by atoms with Gasteiger partial charge in [-0.2, -0.15) is 5.01 Å². The third-order valence-corrected chi connectivity index (χ3v) is 2.28. The summed E-state index contributed by atoms with van der Waals surface area (Å²) in [5.74, 6) is -4.57. The zero-order chi connectivity index (χ0) is 14.3. The van der Waals surface area contributed by atoms with Gasteiger partial charge in [0.25, 0.3) is 5.91 Å². The van der Waals surface area contributed by atoms with Crippen molar-refractivity contribution in [1.29, 1.82) is 0 Å². The molecular weight excluding hydrogens is 291 g/mol. The van der Waals surface area contributed by atoms with Crippen molar-refractivity contribution in [3.63, 3.8) is 0 Å². The molecule has 0 saturated heterocycles. The minimum absolute atomic E-state index is 0.404. The van der Waals surface area contributed by atoms with Crippen molar-refractivity contribution in [3.8, 4) is 0 Å². The molecule has 0 aromatic carbocycles. The molecule has 1 atom stereocenters. The van der Waals surface area contributed by atoms with Gasteiger partial charge in [0.15, 0.2) is 0 Å². The van der Waals surface area contributed by atoms with Gasteiger partial charge in [-0.1, -0.05) is 0 Å². The molecule has 0 rings (SSSR count). The molecule has 0 aliphatic heterocycles. The molecule has 0 fully saturated rings. The molecule has 0 heterocycles. The maximum Gasteiger partial charge on any atom is 0.324 e. The maximum atomic E-state index is 11.4. The van der Waals surface area contributed by atoms with Gasteiger partial charge in [-0.15, -0.1) is 23.2 Å². The Bertz CT molecular complexity index is 327. The molecule has 1 amide bonds. The lowest BCUT2D eigenvalue weighted by molar-refractivity contribution is -0.180. The number of hydrazine groups is 1. The summed E-state index contributed by atoms with van der Waals surface area (Å²) in [7, 11) is 0. The largest absolute Gasteiger partial charge is 0.480 e. The van der Waals surface area contributed by atoms with Crippen LogP contribution in [0.3, 0.4) is 0 Å². The number of alkyl halides is 2. The fourth-order valence-electron chi connectivity index (χ4n) is 1.09. The Balaban J connectivity index is 5.10. The minimum Gasteiger partial charge on any atom is -0.480 e. The molecule has 8 nitrogen and oxygen atoms in total. The van der Waals surface area contributed by atoms with Gasteiger partial charge in [0.1, 0.15) is 25.2 Å². The summed E-state index contributed by atoms with van der Waals surface area (Å²) in [6.07, 6.45) is -1.52. The van der Waals surface area contributed by atoms with Crippen molar-refractivity contribution in [2.75, 3.05) is 24.8 Å². The molecule has 0 aromatic heterocycles. The number of carboxylic acids is 2. The molecule has 3 N–H and O–H groups in total. The number of amides is 1. The molecular formula is C8H12Cl2N2O6. The van der Waals surface area contributed by atoms with Crippen molar-refractivity contribution in [3.05, 3.63) is 0 Å². The summed E-state index contributed by atoms with van der Waals surface area (Å²) in [5.41, 5.74) is 0. The fourth-order valence-corrected chi connectivity index (χ4v) is 1.39. The van der Waals surface area contributed by atoms with Crippen molar-refractivity contribution >= 4 is 41.0 Å². The molecule has 1 unspecified atom stereocenters. The van der Waals surface area contributed by atoms with Crippen LogP contribution in [0.4, 0.5) is 0 Å². The number of hydrogen-bond donors (Lipinski definition) is 3. The number of hydrogen-bond acceptors (Lipinski definition) is 5. The van der Waals surface area contributed by atoms with Crippen LogP contribution in [0.1, 0.15) is 0 Å². The van der Waals surface area contributed by atoms with Crippen LogP contribution < -0.4 is 0 Å². The van der Waals surface area contributed by atoms with Crippen molar-refractivity contribution < 1.29 is 29.7 Å². The van der Waals surface area contributed by atoms with Gasteiger partial charge in [-0.05, 0) is 0 Å². The number of aliphatic hydroxyl groups is 1. The summed E-state index contributed by atoms with van der Waals surface area (Å²) in [5, 5.41) is 28.0. The molecule has 104 valence electrons. The minimum atomic E-state index is -1.52. The Hall–Kier alpha value is -1.09. The predicted octanol–water partition coefficient (Wildman–Crippen LogP) is -1.00. The Morgan fingerprint density at radius 2 is 1.56 bits per heavy atom. The van der Waals surface area contributed by atoms with Crippen LogP contribution in [0.15, 0.2) is 0 Å². The Morgan fingerprint density at radius 3 is 1.89 bits per heavy atom. The Morgan fingerprint density at radius 1 is 1.06 bits per heavy atom. The summed E-state index contributed by atoms with van der Waals surface area (Å²) >= 11 is 10.6.